The summed E-state index contributed by atoms with van der Waals surface area (Å²) in [5.74, 6) is -0.282. The number of rotatable bonds is 2. The Balaban J connectivity index is 1.92. The Morgan fingerprint density at radius 1 is 1.36 bits per heavy atom. The SMILES string of the molecule is Nc1c(C(=O)N[C@H]2CCOC[C@@H]2O)cc(Br)c2ccccc12. The third kappa shape index (κ3) is 2.82. The lowest BCUT2D eigenvalue weighted by atomic mass is 10.0. The first-order valence-electron chi connectivity index (χ1n) is 7.11. The van der Waals surface area contributed by atoms with Crippen LogP contribution in [0.3, 0.4) is 0 Å². The molecule has 4 N–H and O–H groups in total. The predicted molar refractivity (Wildman–Crippen MR) is 88.8 cm³/mol. The standard InChI is InChI=1S/C16H17BrN2O3/c17-12-7-11(15(18)10-4-2-1-3-9(10)12)16(21)19-13-5-6-22-8-14(13)20/h1-4,7,13-14,20H,5-6,8,18H2,(H,19,21)/t13-,14-/m0/s1. The maximum atomic E-state index is 12.5. The zero-order valence-electron chi connectivity index (χ0n) is 11.9. The van der Waals surface area contributed by atoms with E-state index in [-0.39, 0.29) is 18.6 Å². The van der Waals surface area contributed by atoms with Crippen molar-refractivity contribution in [2.45, 2.75) is 18.6 Å². The fourth-order valence-electron chi connectivity index (χ4n) is 2.68. The number of ether oxygens (including phenoxy) is 1. The molecule has 1 fully saturated rings. The molecule has 2 aromatic carbocycles. The van der Waals surface area contributed by atoms with E-state index < -0.39 is 6.10 Å². The van der Waals surface area contributed by atoms with Crippen LogP contribution in [-0.4, -0.2) is 36.4 Å². The predicted octanol–water partition coefficient (Wildman–Crippen LogP) is 2.06. The highest BCUT2D eigenvalue weighted by Gasteiger charge is 2.26. The third-order valence-electron chi connectivity index (χ3n) is 3.92. The number of anilines is 1. The van der Waals surface area contributed by atoms with Gasteiger partial charge in [-0.3, -0.25) is 4.79 Å². The Kier molecular flexibility index (Phi) is 4.33. The molecule has 22 heavy (non-hydrogen) atoms. The molecule has 6 heteroatoms. The summed E-state index contributed by atoms with van der Waals surface area (Å²) in [7, 11) is 0. The van der Waals surface area contributed by atoms with Crippen molar-refractivity contribution in [2.75, 3.05) is 18.9 Å². The normalized spacial score (nSPS) is 21.7. The molecule has 0 aliphatic carbocycles. The summed E-state index contributed by atoms with van der Waals surface area (Å²) in [6.07, 6.45) is -0.107. The second kappa shape index (κ2) is 6.24. The summed E-state index contributed by atoms with van der Waals surface area (Å²) in [4.78, 5) is 12.5. The molecule has 116 valence electrons. The van der Waals surface area contributed by atoms with Crippen LogP contribution < -0.4 is 11.1 Å². The smallest absolute Gasteiger partial charge is 0.253 e. The second-order valence-electron chi connectivity index (χ2n) is 5.38. The molecule has 1 heterocycles. The number of halogens is 1. The Morgan fingerprint density at radius 3 is 2.82 bits per heavy atom. The van der Waals surface area contributed by atoms with Gasteiger partial charge in [0.05, 0.1) is 30.0 Å². The molecular formula is C16H17BrN2O3. The molecule has 3 rings (SSSR count). The highest BCUT2D eigenvalue weighted by atomic mass is 79.9. The number of carbonyl (C=O) groups is 1. The molecular weight excluding hydrogens is 348 g/mol. The van der Waals surface area contributed by atoms with Gasteiger partial charge in [-0.15, -0.1) is 0 Å². The summed E-state index contributed by atoms with van der Waals surface area (Å²) in [5.41, 5.74) is 7.01. The molecule has 0 spiro atoms. The van der Waals surface area contributed by atoms with Gasteiger partial charge in [0, 0.05) is 16.5 Å². The quantitative estimate of drug-likeness (QED) is 0.712. The van der Waals surface area contributed by atoms with Crippen molar-refractivity contribution in [3.05, 3.63) is 40.4 Å². The van der Waals surface area contributed by atoms with E-state index in [1.165, 1.54) is 0 Å². The van der Waals surface area contributed by atoms with Crippen molar-refractivity contribution < 1.29 is 14.6 Å². The number of carbonyl (C=O) groups excluding carboxylic acids is 1. The first kappa shape index (κ1) is 15.3. The maximum Gasteiger partial charge on any atom is 0.253 e. The van der Waals surface area contributed by atoms with Crippen LogP contribution in [0.25, 0.3) is 10.8 Å². The van der Waals surface area contributed by atoms with Crippen LogP contribution in [0.5, 0.6) is 0 Å². The number of aliphatic hydroxyl groups is 1. The number of benzene rings is 2. The highest BCUT2D eigenvalue weighted by Crippen LogP contribution is 2.31. The van der Waals surface area contributed by atoms with Crippen LogP contribution in [0, 0.1) is 0 Å². The topological polar surface area (TPSA) is 84.6 Å². The van der Waals surface area contributed by atoms with Gasteiger partial charge < -0.3 is 20.9 Å². The van der Waals surface area contributed by atoms with E-state index in [2.05, 4.69) is 21.2 Å². The monoisotopic (exact) mass is 364 g/mol. The fourth-order valence-corrected chi connectivity index (χ4v) is 3.25. The van der Waals surface area contributed by atoms with Crippen LogP contribution in [0.1, 0.15) is 16.8 Å². The Morgan fingerprint density at radius 2 is 2.09 bits per heavy atom. The van der Waals surface area contributed by atoms with Gasteiger partial charge in [0.2, 0.25) is 0 Å². The summed E-state index contributed by atoms with van der Waals surface area (Å²) in [5, 5.41) is 14.5. The van der Waals surface area contributed by atoms with Gasteiger partial charge in [-0.25, -0.2) is 0 Å². The minimum Gasteiger partial charge on any atom is -0.398 e. The van der Waals surface area contributed by atoms with Crippen LogP contribution >= 0.6 is 15.9 Å². The fraction of sp³-hybridized carbons (Fsp3) is 0.312. The molecule has 1 saturated heterocycles. The highest BCUT2D eigenvalue weighted by molar-refractivity contribution is 9.10. The molecule has 1 amide bonds. The van der Waals surface area contributed by atoms with Gasteiger partial charge in [0.1, 0.15) is 0 Å². The Hall–Kier alpha value is -1.63. The number of nitrogens with one attached hydrogen (secondary N) is 1. The largest absolute Gasteiger partial charge is 0.398 e. The molecule has 2 atom stereocenters. The number of nitrogen functional groups attached to an aromatic ring is 1. The molecule has 2 aromatic rings. The summed E-state index contributed by atoms with van der Waals surface area (Å²) in [6.45, 7) is 0.765. The van der Waals surface area contributed by atoms with E-state index >= 15 is 0 Å². The molecule has 0 unspecified atom stereocenters. The van der Waals surface area contributed by atoms with Crippen molar-refractivity contribution in [3.63, 3.8) is 0 Å². The Labute approximate surface area is 136 Å². The average Bonchev–Trinajstić information content (AvgIpc) is 2.53. The molecule has 5 nitrogen and oxygen atoms in total. The van der Waals surface area contributed by atoms with Crippen LogP contribution in [0.4, 0.5) is 5.69 Å². The van der Waals surface area contributed by atoms with Gasteiger partial charge in [-0.1, -0.05) is 40.2 Å². The second-order valence-corrected chi connectivity index (χ2v) is 6.23. The van der Waals surface area contributed by atoms with Gasteiger partial charge in [0.15, 0.2) is 0 Å². The maximum absolute atomic E-state index is 12.5. The number of hydrogen-bond acceptors (Lipinski definition) is 4. The third-order valence-corrected chi connectivity index (χ3v) is 4.58. The van der Waals surface area contributed by atoms with Crippen LogP contribution in [0.2, 0.25) is 0 Å². The molecule has 0 saturated carbocycles. The van der Waals surface area contributed by atoms with Crippen LogP contribution in [-0.2, 0) is 4.74 Å². The lowest BCUT2D eigenvalue weighted by molar-refractivity contribution is -0.0260. The van der Waals surface area contributed by atoms with E-state index in [9.17, 15) is 9.90 Å². The van der Waals surface area contributed by atoms with Crippen molar-refractivity contribution in [3.8, 4) is 0 Å². The van der Waals surface area contributed by atoms with Gasteiger partial charge in [0.25, 0.3) is 5.91 Å². The Bertz CT molecular complexity index is 720. The first-order valence-corrected chi connectivity index (χ1v) is 7.90. The average molecular weight is 365 g/mol. The van der Waals surface area contributed by atoms with E-state index in [1.54, 1.807) is 6.07 Å². The summed E-state index contributed by atoms with van der Waals surface area (Å²) in [6, 6.07) is 9.04. The van der Waals surface area contributed by atoms with E-state index in [0.717, 1.165) is 15.2 Å². The van der Waals surface area contributed by atoms with E-state index in [0.29, 0.717) is 24.3 Å². The lowest BCUT2D eigenvalue weighted by Crippen LogP contribution is -2.48. The van der Waals surface area contributed by atoms with Crippen molar-refractivity contribution in [1.29, 1.82) is 0 Å². The summed E-state index contributed by atoms with van der Waals surface area (Å²) >= 11 is 3.48. The van der Waals surface area contributed by atoms with Gasteiger partial charge in [-0.05, 0) is 17.9 Å². The summed E-state index contributed by atoms with van der Waals surface area (Å²) < 4.78 is 5.98. The van der Waals surface area contributed by atoms with Crippen LogP contribution in [0.15, 0.2) is 34.8 Å². The number of fused-ring (bicyclic) bond motifs is 1. The number of nitrogens with two attached hydrogens (primary N) is 1. The number of hydrogen-bond donors (Lipinski definition) is 3. The van der Waals surface area contributed by atoms with Gasteiger partial charge in [-0.2, -0.15) is 0 Å². The first-order chi connectivity index (χ1) is 10.6. The van der Waals surface area contributed by atoms with Crippen molar-refractivity contribution in [2.24, 2.45) is 0 Å². The molecule has 0 aromatic heterocycles. The molecule has 1 aliphatic heterocycles. The zero-order chi connectivity index (χ0) is 15.7. The van der Waals surface area contributed by atoms with Crippen molar-refractivity contribution in [1.82, 2.24) is 5.32 Å². The van der Waals surface area contributed by atoms with E-state index in [1.807, 2.05) is 24.3 Å². The lowest BCUT2D eigenvalue weighted by Gasteiger charge is -2.28. The number of amides is 1. The minimum atomic E-state index is -0.692. The van der Waals surface area contributed by atoms with E-state index in [4.69, 9.17) is 10.5 Å². The minimum absolute atomic E-state index is 0.238. The van der Waals surface area contributed by atoms with Crippen molar-refractivity contribution >= 4 is 38.3 Å². The number of aliphatic hydroxyl groups excluding tert-OH is 1. The zero-order valence-corrected chi connectivity index (χ0v) is 13.5. The molecule has 1 aliphatic rings. The molecule has 0 radical (unpaired) electrons. The van der Waals surface area contributed by atoms with Gasteiger partial charge >= 0.3 is 0 Å². The molecule has 0 bridgehead atoms.